The largest absolute Gasteiger partial charge is 0.314 e. The Morgan fingerprint density at radius 3 is 2.88 bits per heavy atom. The number of rotatable bonds is 6. The minimum Gasteiger partial charge on any atom is -0.314 e. The van der Waals surface area contributed by atoms with Crippen LogP contribution in [-0.4, -0.2) is 23.3 Å². The fraction of sp³-hybridized carbons (Fsp3) is 0.615. The maximum Gasteiger partial charge on any atom is 0.0965 e. The minimum atomic E-state index is 0.837. The van der Waals surface area contributed by atoms with Crippen molar-refractivity contribution in [3.8, 4) is 0 Å². The number of pyridine rings is 1. The van der Waals surface area contributed by atoms with Crippen LogP contribution in [0.25, 0.3) is 0 Å². The van der Waals surface area contributed by atoms with Gasteiger partial charge in [0, 0.05) is 17.5 Å². The van der Waals surface area contributed by atoms with Crippen LogP contribution in [0.2, 0.25) is 0 Å². The maximum absolute atomic E-state index is 4.52. The molecule has 0 radical (unpaired) electrons. The average Bonchev–Trinajstić information content (AvgIpc) is 2.99. The lowest BCUT2D eigenvalue weighted by Crippen LogP contribution is -2.17. The molecule has 0 aliphatic heterocycles. The molecule has 16 heavy (non-hydrogen) atoms. The number of aromatic nitrogens is 1. The fourth-order valence-corrected chi connectivity index (χ4v) is 2.70. The van der Waals surface area contributed by atoms with Gasteiger partial charge in [-0.05, 0) is 57.4 Å². The molecule has 0 aromatic carbocycles. The normalized spacial score (nSPS) is 15.4. The molecule has 1 aliphatic rings. The molecule has 1 aliphatic carbocycles. The predicted octanol–water partition coefficient (Wildman–Crippen LogP) is 2.93. The molecule has 3 heteroatoms. The zero-order chi connectivity index (χ0) is 11.4. The highest BCUT2D eigenvalue weighted by Gasteiger charge is 2.19. The monoisotopic (exact) mass is 236 g/mol. The predicted molar refractivity (Wildman–Crippen MR) is 70.1 cm³/mol. The van der Waals surface area contributed by atoms with Gasteiger partial charge in [-0.25, -0.2) is 4.98 Å². The molecule has 1 saturated carbocycles. The first-order valence-electron chi connectivity index (χ1n) is 6.05. The Bertz CT molecular complexity index is 328. The molecule has 2 rings (SSSR count). The number of nitrogens with one attached hydrogen (secondary N) is 1. The van der Waals surface area contributed by atoms with Gasteiger partial charge in [-0.2, -0.15) is 0 Å². The Labute approximate surface area is 102 Å². The summed E-state index contributed by atoms with van der Waals surface area (Å²) in [5, 5.41) is 4.70. The number of nitrogens with zero attached hydrogens (tertiary/aromatic N) is 1. The molecule has 0 atom stereocenters. The Hall–Kier alpha value is -0.540. The van der Waals surface area contributed by atoms with Crippen molar-refractivity contribution < 1.29 is 0 Å². The zero-order valence-electron chi connectivity index (χ0n) is 10.1. The van der Waals surface area contributed by atoms with Crippen molar-refractivity contribution in [2.75, 3.05) is 12.3 Å². The van der Waals surface area contributed by atoms with E-state index in [9.17, 15) is 0 Å². The van der Waals surface area contributed by atoms with Gasteiger partial charge in [-0.15, -0.1) is 11.8 Å². The third-order valence-electron chi connectivity index (χ3n) is 2.66. The summed E-state index contributed by atoms with van der Waals surface area (Å²) in [6.45, 7) is 5.35. The molecule has 0 saturated heterocycles. The van der Waals surface area contributed by atoms with E-state index in [1.54, 1.807) is 0 Å². The minimum absolute atomic E-state index is 0.837. The molecule has 1 aromatic rings. The molecule has 0 amide bonds. The number of hydrogen-bond donors (Lipinski definition) is 1. The lowest BCUT2D eigenvalue weighted by Gasteiger charge is -2.04. The van der Waals surface area contributed by atoms with E-state index in [4.69, 9.17) is 0 Å². The third kappa shape index (κ3) is 4.14. The van der Waals surface area contributed by atoms with Crippen molar-refractivity contribution in [1.82, 2.24) is 10.3 Å². The quantitative estimate of drug-likeness (QED) is 0.607. The van der Waals surface area contributed by atoms with E-state index in [2.05, 4.69) is 36.3 Å². The van der Waals surface area contributed by atoms with Crippen LogP contribution in [0.5, 0.6) is 0 Å². The SMILES string of the molecule is Cc1cc(C)nc(SCCCNC2CC2)c1. The van der Waals surface area contributed by atoms with Crippen LogP contribution in [0.4, 0.5) is 0 Å². The summed E-state index contributed by atoms with van der Waals surface area (Å²) in [5.41, 5.74) is 2.43. The Balaban J connectivity index is 1.67. The molecule has 1 heterocycles. The van der Waals surface area contributed by atoms with Gasteiger partial charge in [-0.3, -0.25) is 0 Å². The summed E-state index contributed by atoms with van der Waals surface area (Å²) in [6.07, 6.45) is 3.99. The molecule has 1 N–H and O–H groups in total. The van der Waals surface area contributed by atoms with Crippen molar-refractivity contribution in [2.24, 2.45) is 0 Å². The number of aryl methyl sites for hydroxylation is 2. The summed E-state index contributed by atoms with van der Waals surface area (Å²) in [4.78, 5) is 4.52. The molecule has 2 nitrogen and oxygen atoms in total. The van der Waals surface area contributed by atoms with Crippen molar-refractivity contribution in [1.29, 1.82) is 0 Å². The van der Waals surface area contributed by atoms with E-state index in [0.717, 1.165) is 24.0 Å². The summed E-state index contributed by atoms with van der Waals surface area (Å²) >= 11 is 1.87. The van der Waals surface area contributed by atoms with Gasteiger partial charge in [-0.1, -0.05) is 0 Å². The molecule has 1 aromatic heterocycles. The van der Waals surface area contributed by atoms with Crippen molar-refractivity contribution >= 4 is 11.8 Å². The summed E-state index contributed by atoms with van der Waals surface area (Å²) in [6, 6.07) is 5.13. The third-order valence-corrected chi connectivity index (χ3v) is 3.65. The Morgan fingerprint density at radius 2 is 2.19 bits per heavy atom. The summed E-state index contributed by atoms with van der Waals surface area (Å²) in [5.74, 6) is 1.16. The first-order chi connectivity index (χ1) is 7.74. The van der Waals surface area contributed by atoms with Crippen LogP contribution in [0.1, 0.15) is 30.5 Å². The van der Waals surface area contributed by atoms with Crippen molar-refractivity contribution in [3.63, 3.8) is 0 Å². The molecular formula is C13H20N2S. The maximum atomic E-state index is 4.52. The number of thioether (sulfide) groups is 1. The fourth-order valence-electron chi connectivity index (χ4n) is 1.72. The average molecular weight is 236 g/mol. The van der Waals surface area contributed by atoms with Crippen LogP contribution in [-0.2, 0) is 0 Å². The second kappa shape index (κ2) is 5.69. The van der Waals surface area contributed by atoms with Crippen LogP contribution >= 0.6 is 11.8 Å². The molecule has 88 valence electrons. The standard InChI is InChI=1S/C13H20N2S/c1-10-8-11(2)15-13(9-10)16-7-3-6-14-12-4-5-12/h8-9,12,14H,3-7H2,1-2H3. The molecule has 0 spiro atoms. The van der Waals surface area contributed by atoms with E-state index < -0.39 is 0 Å². The van der Waals surface area contributed by atoms with Gasteiger partial charge in [0.25, 0.3) is 0 Å². The summed E-state index contributed by atoms with van der Waals surface area (Å²) in [7, 11) is 0. The highest BCUT2D eigenvalue weighted by Crippen LogP contribution is 2.20. The van der Waals surface area contributed by atoms with E-state index in [0.29, 0.717) is 0 Å². The molecule has 1 fully saturated rings. The highest BCUT2D eigenvalue weighted by atomic mass is 32.2. The first-order valence-corrected chi connectivity index (χ1v) is 7.04. The van der Waals surface area contributed by atoms with Gasteiger partial charge < -0.3 is 5.32 Å². The van der Waals surface area contributed by atoms with Crippen molar-refractivity contribution in [2.45, 2.75) is 44.2 Å². The van der Waals surface area contributed by atoms with Gasteiger partial charge in [0.1, 0.15) is 0 Å². The van der Waals surface area contributed by atoms with Gasteiger partial charge in [0.05, 0.1) is 5.03 Å². The second-order valence-electron chi connectivity index (χ2n) is 4.55. The highest BCUT2D eigenvalue weighted by molar-refractivity contribution is 7.99. The van der Waals surface area contributed by atoms with Gasteiger partial charge >= 0.3 is 0 Å². The lowest BCUT2D eigenvalue weighted by atomic mass is 10.3. The Morgan fingerprint density at radius 1 is 1.38 bits per heavy atom. The van der Waals surface area contributed by atoms with Crippen LogP contribution in [0.15, 0.2) is 17.2 Å². The van der Waals surface area contributed by atoms with Crippen molar-refractivity contribution in [3.05, 3.63) is 23.4 Å². The summed E-state index contributed by atoms with van der Waals surface area (Å²) < 4.78 is 0. The van der Waals surface area contributed by atoms with Gasteiger partial charge in [0.2, 0.25) is 0 Å². The van der Waals surface area contributed by atoms with Crippen LogP contribution in [0, 0.1) is 13.8 Å². The van der Waals surface area contributed by atoms with Crippen LogP contribution in [0.3, 0.4) is 0 Å². The first kappa shape index (κ1) is 11.9. The van der Waals surface area contributed by atoms with Crippen LogP contribution < -0.4 is 5.32 Å². The smallest absolute Gasteiger partial charge is 0.0965 e. The Kier molecular flexibility index (Phi) is 4.24. The second-order valence-corrected chi connectivity index (χ2v) is 5.67. The van der Waals surface area contributed by atoms with E-state index in [1.807, 2.05) is 11.8 Å². The topological polar surface area (TPSA) is 24.9 Å². The van der Waals surface area contributed by atoms with E-state index >= 15 is 0 Å². The molecule has 0 bridgehead atoms. The molecule has 0 unspecified atom stereocenters. The van der Waals surface area contributed by atoms with E-state index in [1.165, 1.54) is 29.9 Å². The van der Waals surface area contributed by atoms with E-state index in [-0.39, 0.29) is 0 Å². The zero-order valence-corrected chi connectivity index (χ0v) is 10.9. The van der Waals surface area contributed by atoms with Gasteiger partial charge in [0.15, 0.2) is 0 Å². The molecular weight excluding hydrogens is 216 g/mol. The lowest BCUT2D eigenvalue weighted by molar-refractivity contribution is 0.674. The number of hydrogen-bond acceptors (Lipinski definition) is 3.